The maximum absolute atomic E-state index is 0. The molecular formula is H12ArN2O3. The summed E-state index contributed by atoms with van der Waals surface area (Å²) < 4.78 is 0. The normalized spacial score (nSPS) is 0. The Labute approximate surface area is 66.2 Å². The molecule has 0 aromatic carbocycles. The van der Waals surface area contributed by atoms with Gasteiger partial charge in [-0.3, -0.25) is 0 Å². The molecule has 0 atom stereocenters. The monoisotopic (exact) mass is 128 g/mol. The first-order valence-electron chi connectivity index (χ1n) is 0. The van der Waals surface area contributed by atoms with Crippen molar-refractivity contribution >= 4 is 0 Å². The number of hydrogen-bond acceptors (Lipinski definition) is 2. The molecule has 0 amide bonds. The summed E-state index contributed by atoms with van der Waals surface area (Å²) in [6, 6.07) is 0. The van der Waals surface area contributed by atoms with Crippen LogP contribution in [-0.2, 0) is 0 Å². The molecule has 0 aliphatic rings. The van der Waals surface area contributed by atoms with Crippen LogP contribution in [0.2, 0.25) is 0 Å². The van der Waals surface area contributed by atoms with E-state index in [4.69, 9.17) is 0 Å². The molecular weight excluding hydrogens is 116 g/mol. The third-order valence-electron chi connectivity index (χ3n) is 0. The minimum absolute atomic E-state index is 0. The molecule has 0 aliphatic heterocycles. The van der Waals surface area contributed by atoms with Gasteiger partial charge < -0.3 is 28.7 Å². The largest absolute Gasteiger partial charge is 0.412 e. The third-order valence-corrected chi connectivity index (χ3v) is 0. The Morgan fingerprint density at radius 1 is 0.500 bits per heavy atom. The van der Waals surface area contributed by atoms with Crippen LogP contribution in [-0.4, -0.2) is 16.4 Å². The molecule has 12 N–H and O–H groups in total. The first-order valence-corrected chi connectivity index (χ1v) is 0. The molecule has 0 aromatic rings. The van der Waals surface area contributed by atoms with Crippen LogP contribution in [0.25, 0.3) is 0 Å². The van der Waals surface area contributed by atoms with E-state index in [-0.39, 0.29) is 66.5 Å². The molecule has 0 unspecified atom stereocenters. The Balaban J connectivity index is 0. The summed E-state index contributed by atoms with van der Waals surface area (Å²) in [7, 11) is 0. The van der Waals surface area contributed by atoms with Crippen molar-refractivity contribution in [1.29, 1.82) is 0 Å². The predicted molar refractivity (Wildman–Crippen MR) is 20.9 cm³/mol. The van der Waals surface area contributed by atoms with Gasteiger partial charge in [0.05, 0.1) is 0 Å². The van der Waals surface area contributed by atoms with Crippen molar-refractivity contribution < 1.29 is 54.2 Å². The van der Waals surface area contributed by atoms with Gasteiger partial charge in [-0.1, -0.05) is 0 Å². The molecule has 0 heterocycles. The van der Waals surface area contributed by atoms with Crippen LogP contribution in [0, 0.1) is 37.7 Å². The summed E-state index contributed by atoms with van der Waals surface area (Å²) in [6.45, 7) is 0. The van der Waals surface area contributed by atoms with Crippen molar-refractivity contribution in [3.8, 4) is 0 Å². The predicted octanol–water partition coefficient (Wildman–Crippen LogP) is -2.15. The summed E-state index contributed by atoms with van der Waals surface area (Å²) >= 11 is 0. The van der Waals surface area contributed by atoms with Gasteiger partial charge in [0.2, 0.25) is 0 Å². The zero-order valence-electron chi connectivity index (χ0n) is 3.27. The Morgan fingerprint density at radius 2 is 0.500 bits per heavy atom. The summed E-state index contributed by atoms with van der Waals surface area (Å²) in [5, 5.41) is 0. The standard InChI is InChI=1S/Ar.2H3N.3H2O/h;2*1H3;3*1H2. The van der Waals surface area contributed by atoms with Crippen LogP contribution in [0.1, 0.15) is 0 Å². The third kappa shape index (κ3) is 74.3. The van der Waals surface area contributed by atoms with Gasteiger partial charge in [-0.15, -0.1) is 0 Å². The number of rotatable bonds is 0. The fraction of sp³-hybridized carbons (Fsp3) is 0. The van der Waals surface area contributed by atoms with Crippen molar-refractivity contribution in [3.63, 3.8) is 0 Å². The Kier molecular flexibility index (Phi) is 5310. The Morgan fingerprint density at radius 3 is 0.500 bits per heavy atom. The second-order valence-electron chi connectivity index (χ2n) is 0. The molecule has 0 aliphatic carbocycles. The van der Waals surface area contributed by atoms with Gasteiger partial charge in [0.15, 0.2) is 0 Å². The Hall–Kier alpha value is 1.06. The van der Waals surface area contributed by atoms with Crippen LogP contribution in [0.5, 0.6) is 0 Å². The van der Waals surface area contributed by atoms with Gasteiger partial charge in [-0.2, -0.15) is 0 Å². The van der Waals surface area contributed by atoms with E-state index in [0.29, 0.717) is 0 Å². The maximum atomic E-state index is 0. The van der Waals surface area contributed by atoms with Crippen LogP contribution >= 0.6 is 0 Å². The van der Waals surface area contributed by atoms with Gasteiger partial charge in [0, 0.05) is 37.7 Å². The molecule has 48 valence electrons. The van der Waals surface area contributed by atoms with Crippen molar-refractivity contribution in [2.45, 2.75) is 0 Å². The van der Waals surface area contributed by atoms with Crippen molar-refractivity contribution in [2.75, 3.05) is 0 Å². The smallest absolute Gasteiger partial charge is 0 e. The second-order valence-corrected chi connectivity index (χ2v) is 0. The zero-order chi connectivity index (χ0) is 0. The average molecular weight is 128 g/mol. The summed E-state index contributed by atoms with van der Waals surface area (Å²) in [4.78, 5) is 0. The van der Waals surface area contributed by atoms with E-state index < -0.39 is 0 Å². The van der Waals surface area contributed by atoms with Gasteiger partial charge in [0.25, 0.3) is 0 Å². The van der Waals surface area contributed by atoms with Crippen LogP contribution in [0.3, 0.4) is 0 Å². The summed E-state index contributed by atoms with van der Waals surface area (Å²) in [5.74, 6) is 0. The van der Waals surface area contributed by atoms with Crippen LogP contribution < -0.4 is 12.3 Å². The first kappa shape index (κ1) is 231. The Bertz CT molecular complexity index is 8.75. The molecule has 0 rings (SSSR count). The molecule has 6 heteroatoms. The van der Waals surface area contributed by atoms with Gasteiger partial charge in [0.1, 0.15) is 0 Å². The molecule has 6 heavy (non-hydrogen) atoms. The second kappa shape index (κ2) is 138. The fourth-order valence-corrected chi connectivity index (χ4v) is 0. The van der Waals surface area contributed by atoms with Crippen LogP contribution in [0.4, 0.5) is 0 Å². The van der Waals surface area contributed by atoms with Gasteiger partial charge >= 0.3 is 0 Å². The molecule has 0 aromatic heterocycles. The van der Waals surface area contributed by atoms with Crippen molar-refractivity contribution in [1.82, 2.24) is 12.3 Å². The average Bonchev–Trinajstić information content (AvgIpc) is 0. The first-order chi connectivity index (χ1) is 0. The SMILES string of the molecule is N.N.O.O.O.[Ar]. The topological polar surface area (TPSA) is 164 Å². The van der Waals surface area contributed by atoms with Crippen molar-refractivity contribution in [2.24, 2.45) is 0 Å². The van der Waals surface area contributed by atoms with E-state index in [1.807, 2.05) is 0 Å². The molecule has 0 spiro atoms. The molecule has 0 saturated carbocycles. The quantitative estimate of drug-likeness (QED) is 0.380. The number of hydrogen-bond donors (Lipinski definition) is 2. The van der Waals surface area contributed by atoms with E-state index in [1.165, 1.54) is 0 Å². The molecule has 0 saturated heterocycles. The van der Waals surface area contributed by atoms with Gasteiger partial charge in [-0.05, 0) is 0 Å². The summed E-state index contributed by atoms with van der Waals surface area (Å²) in [6.07, 6.45) is 0. The molecule has 0 radical (unpaired) electrons. The van der Waals surface area contributed by atoms with Gasteiger partial charge in [-0.25, -0.2) is 0 Å². The van der Waals surface area contributed by atoms with E-state index >= 15 is 0 Å². The van der Waals surface area contributed by atoms with E-state index in [1.54, 1.807) is 0 Å². The van der Waals surface area contributed by atoms with E-state index in [9.17, 15) is 0 Å². The molecule has 5 nitrogen and oxygen atoms in total. The zero-order valence-corrected chi connectivity index (χ0v) is 3.97. The molecule has 0 fully saturated rings. The van der Waals surface area contributed by atoms with Crippen LogP contribution in [0.15, 0.2) is 0 Å². The van der Waals surface area contributed by atoms with E-state index in [2.05, 4.69) is 0 Å². The molecule has 0 bridgehead atoms. The van der Waals surface area contributed by atoms with Crippen molar-refractivity contribution in [3.05, 3.63) is 0 Å². The maximum Gasteiger partial charge on any atom is 0 e. The summed E-state index contributed by atoms with van der Waals surface area (Å²) in [5.41, 5.74) is 0. The van der Waals surface area contributed by atoms with E-state index in [0.717, 1.165) is 0 Å². The minimum atomic E-state index is 0. The fourth-order valence-electron chi connectivity index (χ4n) is 0. The minimum Gasteiger partial charge on any atom is -0.412 e.